The molecule has 0 aliphatic heterocycles. The maximum atomic E-state index is 11.4. The Morgan fingerprint density at radius 3 is 2.48 bits per heavy atom. The number of nitro benzene ring substituents is 1. The second-order valence-electron chi connectivity index (χ2n) is 6.02. The summed E-state index contributed by atoms with van der Waals surface area (Å²) < 4.78 is 15.5. The summed E-state index contributed by atoms with van der Waals surface area (Å²) in [6.07, 6.45) is 3.38. The highest BCUT2D eigenvalue weighted by atomic mass is 16.6. The molecule has 148 valence electrons. The van der Waals surface area contributed by atoms with Crippen LogP contribution in [0, 0.1) is 10.1 Å². The standard InChI is InChI=1S/C21H18N2O6/c1-13(24)29-21-17(23(25)26)11-14(12-19(21)28-3)7-9-16-10-8-15-5-4-6-18(27-2)20(15)22-16/h4-12H,1-3H3/b9-7+. The maximum Gasteiger partial charge on any atom is 0.316 e. The average Bonchev–Trinajstić information content (AvgIpc) is 2.71. The fourth-order valence-corrected chi connectivity index (χ4v) is 2.81. The second-order valence-corrected chi connectivity index (χ2v) is 6.02. The van der Waals surface area contributed by atoms with Gasteiger partial charge in [-0.1, -0.05) is 24.3 Å². The number of ether oxygens (including phenoxy) is 3. The van der Waals surface area contributed by atoms with E-state index in [1.54, 1.807) is 25.3 Å². The van der Waals surface area contributed by atoms with Gasteiger partial charge in [0.25, 0.3) is 0 Å². The summed E-state index contributed by atoms with van der Waals surface area (Å²) >= 11 is 0. The van der Waals surface area contributed by atoms with Gasteiger partial charge in [-0.05, 0) is 29.8 Å². The number of hydrogen-bond donors (Lipinski definition) is 0. The van der Waals surface area contributed by atoms with Crippen molar-refractivity contribution >= 4 is 34.7 Å². The number of methoxy groups -OCH3 is 2. The van der Waals surface area contributed by atoms with Gasteiger partial charge in [-0.25, -0.2) is 4.98 Å². The summed E-state index contributed by atoms with van der Waals surface area (Å²) in [6, 6.07) is 12.2. The lowest BCUT2D eigenvalue weighted by Crippen LogP contribution is -2.06. The number of pyridine rings is 1. The molecular formula is C21H18N2O6. The molecule has 8 heteroatoms. The predicted octanol–water partition coefficient (Wildman–Crippen LogP) is 4.26. The molecule has 0 saturated carbocycles. The number of rotatable bonds is 6. The van der Waals surface area contributed by atoms with Crippen molar-refractivity contribution in [1.82, 2.24) is 4.98 Å². The van der Waals surface area contributed by atoms with E-state index in [0.29, 0.717) is 22.5 Å². The van der Waals surface area contributed by atoms with Crippen molar-refractivity contribution in [2.75, 3.05) is 14.2 Å². The van der Waals surface area contributed by atoms with Crippen LogP contribution in [0.2, 0.25) is 0 Å². The minimum Gasteiger partial charge on any atom is -0.494 e. The molecule has 0 radical (unpaired) electrons. The van der Waals surface area contributed by atoms with Crippen LogP contribution >= 0.6 is 0 Å². The van der Waals surface area contributed by atoms with E-state index in [2.05, 4.69) is 4.98 Å². The number of benzene rings is 2. The lowest BCUT2D eigenvalue weighted by atomic mass is 10.1. The van der Waals surface area contributed by atoms with Crippen molar-refractivity contribution in [3.8, 4) is 17.2 Å². The van der Waals surface area contributed by atoms with Crippen LogP contribution in [0.1, 0.15) is 18.2 Å². The van der Waals surface area contributed by atoms with Crippen molar-refractivity contribution in [3.63, 3.8) is 0 Å². The first-order valence-electron chi connectivity index (χ1n) is 8.59. The van der Waals surface area contributed by atoms with E-state index in [9.17, 15) is 14.9 Å². The number of nitro groups is 1. The summed E-state index contributed by atoms with van der Waals surface area (Å²) in [5.74, 6) is -0.164. The fourth-order valence-electron chi connectivity index (χ4n) is 2.81. The quantitative estimate of drug-likeness (QED) is 0.266. The molecular weight excluding hydrogens is 376 g/mol. The van der Waals surface area contributed by atoms with Gasteiger partial charge in [0, 0.05) is 18.4 Å². The van der Waals surface area contributed by atoms with Gasteiger partial charge in [-0.2, -0.15) is 0 Å². The molecule has 0 fully saturated rings. The Labute approximate surface area is 166 Å². The third-order valence-electron chi connectivity index (χ3n) is 4.09. The predicted molar refractivity (Wildman–Crippen MR) is 108 cm³/mol. The zero-order valence-corrected chi connectivity index (χ0v) is 16.0. The third-order valence-corrected chi connectivity index (χ3v) is 4.09. The number of carbonyl (C=O) groups is 1. The van der Waals surface area contributed by atoms with Gasteiger partial charge < -0.3 is 14.2 Å². The molecule has 0 aliphatic carbocycles. The molecule has 0 atom stereocenters. The molecule has 8 nitrogen and oxygen atoms in total. The van der Waals surface area contributed by atoms with Crippen LogP contribution < -0.4 is 14.2 Å². The zero-order chi connectivity index (χ0) is 21.0. The van der Waals surface area contributed by atoms with Crippen molar-refractivity contribution in [1.29, 1.82) is 0 Å². The molecule has 1 aromatic heterocycles. The third kappa shape index (κ3) is 4.32. The number of esters is 1. The Kier molecular flexibility index (Phi) is 5.73. The summed E-state index contributed by atoms with van der Waals surface area (Å²) in [5, 5.41) is 12.4. The summed E-state index contributed by atoms with van der Waals surface area (Å²) in [7, 11) is 2.92. The monoisotopic (exact) mass is 394 g/mol. The molecule has 1 heterocycles. The molecule has 0 N–H and O–H groups in total. The minimum atomic E-state index is -0.677. The number of carbonyl (C=O) groups excluding carboxylic acids is 1. The lowest BCUT2D eigenvalue weighted by molar-refractivity contribution is -0.385. The SMILES string of the molecule is COc1cc(/C=C/c2ccc3cccc(OC)c3n2)cc([N+](=O)[O-])c1OC(C)=O. The van der Waals surface area contributed by atoms with Crippen LogP contribution in [-0.4, -0.2) is 30.1 Å². The van der Waals surface area contributed by atoms with Crippen molar-refractivity contribution in [2.45, 2.75) is 6.92 Å². The highest BCUT2D eigenvalue weighted by Crippen LogP contribution is 2.39. The first kappa shape index (κ1) is 19.8. The number of aromatic nitrogens is 1. The summed E-state index contributed by atoms with van der Waals surface area (Å²) in [4.78, 5) is 26.6. The topological polar surface area (TPSA) is 101 Å². The number of para-hydroxylation sites is 1. The molecule has 0 aliphatic rings. The summed E-state index contributed by atoms with van der Waals surface area (Å²) in [5.41, 5.74) is 1.48. The Bertz CT molecular complexity index is 1120. The minimum absolute atomic E-state index is 0.0854. The van der Waals surface area contributed by atoms with Crippen molar-refractivity contribution in [3.05, 3.63) is 63.8 Å². The van der Waals surface area contributed by atoms with Crippen LogP contribution in [0.15, 0.2) is 42.5 Å². The van der Waals surface area contributed by atoms with Crippen LogP contribution in [0.3, 0.4) is 0 Å². The maximum absolute atomic E-state index is 11.4. The summed E-state index contributed by atoms with van der Waals surface area (Å²) in [6.45, 7) is 1.16. The first-order valence-corrected chi connectivity index (χ1v) is 8.59. The molecule has 0 saturated heterocycles. The Morgan fingerprint density at radius 1 is 1.07 bits per heavy atom. The van der Waals surface area contributed by atoms with E-state index in [4.69, 9.17) is 14.2 Å². The van der Waals surface area contributed by atoms with E-state index in [-0.39, 0.29) is 17.2 Å². The fraction of sp³-hybridized carbons (Fsp3) is 0.143. The van der Waals surface area contributed by atoms with E-state index in [1.807, 2.05) is 30.3 Å². The van der Waals surface area contributed by atoms with E-state index in [1.165, 1.54) is 13.2 Å². The molecule has 0 unspecified atom stereocenters. The van der Waals surface area contributed by atoms with Crippen LogP contribution in [-0.2, 0) is 4.79 Å². The van der Waals surface area contributed by atoms with Gasteiger partial charge in [-0.15, -0.1) is 0 Å². The molecule has 2 aromatic carbocycles. The van der Waals surface area contributed by atoms with Crippen LogP contribution in [0.5, 0.6) is 17.2 Å². The van der Waals surface area contributed by atoms with E-state index < -0.39 is 10.9 Å². The second kappa shape index (κ2) is 8.39. The Balaban J connectivity index is 2.02. The molecule has 0 amide bonds. The van der Waals surface area contributed by atoms with E-state index in [0.717, 1.165) is 12.3 Å². The van der Waals surface area contributed by atoms with E-state index >= 15 is 0 Å². The van der Waals surface area contributed by atoms with Crippen LogP contribution in [0.4, 0.5) is 5.69 Å². The number of fused-ring (bicyclic) bond motifs is 1. The van der Waals surface area contributed by atoms with Gasteiger partial charge in [0.15, 0.2) is 5.75 Å². The first-order chi connectivity index (χ1) is 13.9. The highest BCUT2D eigenvalue weighted by Gasteiger charge is 2.23. The highest BCUT2D eigenvalue weighted by molar-refractivity contribution is 5.86. The molecule has 3 rings (SSSR count). The van der Waals surface area contributed by atoms with Gasteiger partial charge in [0.05, 0.1) is 24.8 Å². The average molecular weight is 394 g/mol. The molecule has 0 spiro atoms. The lowest BCUT2D eigenvalue weighted by Gasteiger charge is -2.09. The normalized spacial score (nSPS) is 10.9. The van der Waals surface area contributed by atoms with Crippen LogP contribution in [0.25, 0.3) is 23.1 Å². The van der Waals surface area contributed by atoms with Gasteiger partial charge in [0.2, 0.25) is 5.75 Å². The van der Waals surface area contributed by atoms with Gasteiger partial charge >= 0.3 is 11.7 Å². The van der Waals surface area contributed by atoms with Crippen molar-refractivity contribution in [2.24, 2.45) is 0 Å². The van der Waals surface area contributed by atoms with Gasteiger partial charge in [-0.3, -0.25) is 14.9 Å². The Morgan fingerprint density at radius 2 is 1.83 bits per heavy atom. The number of hydrogen-bond acceptors (Lipinski definition) is 7. The van der Waals surface area contributed by atoms with Crippen molar-refractivity contribution < 1.29 is 23.9 Å². The largest absolute Gasteiger partial charge is 0.494 e. The Hall–Kier alpha value is -3.94. The van der Waals surface area contributed by atoms with Gasteiger partial charge in [0.1, 0.15) is 11.3 Å². The zero-order valence-electron chi connectivity index (χ0n) is 16.0. The molecule has 0 bridgehead atoms. The molecule has 29 heavy (non-hydrogen) atoms. The molecule has 3 aromatic rings. The smallest absolute Gasteiger partial charge is 0.316 e. The number of nitrogens with zero attached hydrogens (tertiary/aromatic N) is 2.